The average Bonchev–Trinajstić information content (AvgIpc) is 2.93. The molecule has 2 unspecified atom stereocenters. The van der Waals surface area contributed by atoms with Gasteiger partial charge in [0, 0.05) is 24.8 Å². The molecule has 4 nitrogen and oxygen atoms in total. The van der Waals surface area contributed by atoms with E-state index < -0.39 is 0 Å². The second-order valence-corrected chi connectivity index (χ2v) is 6.09. The molecule has 19 heavy (non-hydrogen) atoms. The molecule has 0 aliphatic carbocycles. The van der Waals surface area contributed by atoms with Gasteiger partial charge in [0.05, 0.1) is 11.2 Å². The fourth-order valence-electron chi connectivity index (χ4n) is 2.59. The Labute approximate surface area is 119 Å². The molecular formula is C14H23N3OS. The smallest absolute Gasteiger partial charge is 0.220 e. The van der Waals surface area contributed by atoms with Crippen LogP contribution in [0.2, 0.25) is 0 Å². The lowest BCUT2D eigenvalue weighted by Gasteiger charge is -2.28. The molecule has 1 aromatic rings. The molecule has 0 aromatic carbocycles. The second-order valence-electron chi connectivity index (χ2n) is 5.37. The zero-order valence-electron chi connectivity index (χ0n) is 11.5. The zero-order chi connectivity index (χ0) is 13.5. The number of carbonyl (C=O) groups is 1. The highest BCUT2D eigenvalue weighted by molar-refractivity contribution is 7.07. The number of hydrogen-bond acceptors (Lipinski definition) is 4. The lowest BCUT2D eigenvalue weighted by Crippen LogP contribution is -2.36. The van der Waals surface area contributed by atoms with Crippen molar-refractivity contribution in [3.8, 4) is 0 Å². The number of piperidine rings is 1. The highest BCUT2D eigenvalue weighted by Crippen LogP contribution is 2.22. The summed E-state index contributed by atoms with van der Waals surface area (Å²) in [7, 11) is 0. The summed E-state index contributed by atoms with van der Waals surface area (Å²) in [6.45, 7) is 5.08. The van der Waals surface area contributed by atoms with Crippen LogP contribution in [0.25, 0.3) is 0 Å². The fraction of sp³-hybridized carbons (Fsp3) is 0.714. The van der Waals surface area contributed by atoms with E-state index in [0.29, 0.717) is 24.8 Å². The maximum Gasteiger partial charge on any atom is 0.220 e. The van der Waals surface area contributed by atoms with Gasteiger partial charge >= 0.3 is 0 Å². The third-order valence-electron chi connectivity index (χ3n) is 3.83. The monoisotopic (exact) mass is 281 g/mol. The maximum absolute atomic E-state index is 11.9. The van der Waals surface area contributed by atoms with E-state index in [1.807, 2.05) is 10.9 Å². The van der Waals surface area contributed by atoms with Crippen molar-refractivity contribution < 1.29 is 4.79 Å². The first kappa shape index (κ1) is 14.5. The van der Waals surface area contributed by atoms with Crippen LogP contribution >= 0.6 is 11.3 Å². The summed E-state index contributed by atoms with van der Waals surface area (Å²) < 4.78 is 0. The summed E-state index contributed by atoms with van der Waals surface area (Å²) in [6, 6.07) is 0. The summed E-state index contributed by atoms with van der Waals surface area (Å²) in [6.07, 6.45) is 3.96. The van der Waals surface area contributed by atoms with Crippen LogP contribution in [-0.4, -0.2) is 30.5 Å². The molecule has 1 aromatic heterocycles. The van der Waals surface area contributed by atoms with Gasteiger partial charge in [0.1, 0.15) is 0 Å². The van der Waals surface area contributed by atoms with Crippen LogP contribution in [0.3, 0.4) is 0 Å². The summed E-state index contributed by atoms with van der Waals surface area (Å²) in [5.41, 5.74) is 2.89. The van der Waals surface area contributed by atoms with E-state index >= 15 is 0 Å². The largest absolute Gasteiger partial charge is 0.356 e. The second kappa shape index (κ2) is 7.60. The van der Waals surface area contributed by atoms with Crippen molar-refractivity contribution in [2.75, 3.05) is 19.6 Å². The molecule has 1 saturated heterocycles. The van der Waals surface area contributed by atoms with Crippen LogP contribution in [0.5, 0.6) is 0 Å². The van der Waals surface area contributed by atoms with Crippen molar-refractivity contribution >= 4 is 17.2 Å². The van der Waals surface area contributed by atoms with Gasteiger partial charge in [-0.2, -0.15) is 0 Å². The molecule has 2 rings (SSSR count). The first-order valence-corrected chi connectivity index (χ1v) is 8.04. The molecular weight excluding hydrogens is 258 g/mol. The number of rotatable bonds is 6. The molecule has 1 fully saturated rings. The summed E-state index contributed by atoms with van der Waals surface area (Å²) in [4.78, 5) is 16.1. The minimum absolute atomic E-state index is 0.174. The number of thiazole rings is 1. The zero-order valence-corrected chi connectivity index (χ0v) is 12.3. The van der Waals surface area contributed by atoms with Crippen molar-refractivity contribution in [2.24, 2.45) is 11.8 Å². The molecule has 5 heteroatoms. The quantitative estimate of drug-likeness (QED) is 0.836. The van der Waals surface area contributed by atoms with Gasteiger partial charge in [-0.15, -0.1) is 11.3 Å². The van der Waals surface area contributed by atoms with Crippen molar-refractivity contribution in [3.05, 3.63) is 16.6 Å². The highest BCUT2D eigenvalue weighted by Gasteiger charge is 2.21. The van der Waals surface area contributed by atoms with Crippen LogP contribution in [0, 0.1) is 11.8 Å². The van der Waals surface area contributed by atoms with Crippen LogP contribution in [-0.2, 0) is 11.2 Å². The van der Waals surface area contributed by atoms with Crippen LogP contribution < -0.4 is 10.6 Å². The van der Waals surface area contributed by atoms with Gasteiger partial charge in [-0.25, -0.2) is 4.98 Å². The van der Waals surface area contributed by atoms with Crippen molar-refractivity contribution in [3.63, 3.8) is 0 Å². The Balaban J connectivity index is 1.63. The standard InChI is InChI=1S/C14H23N3OS/c1-11(12-3-2-5-15-8-12)7-14(18)16-6-4-13-9-19-10-17-13/h9-12,15H,2-8H2,1H3,(H,16,18). The summed E-state index contributed by atoms with van der Waals surface area (Å²) in [5, 5.41) is 8.44. The Kier molecular flexibility index (Phi) is 5.79. The maximum atomic E-state index is 11.9. The minimum Gasteiger partial charge on any atom is -0.356 e. The Morgan fingerprint density at radius 1 is 1.68 bits per heavy atom. The Morgan fingerprint density at radius 2 is 2.58 bits per heavy atom. The third kappa shape index (κ3) is 4.91. The molecule has 2 atom stereocenters. The van der Waals surface area contributed by atoms with Gasteiger partial charge in [-0.1, -0.05) is 6.92 Å². The van der Waals surface area contributed by atoms with Crippen molar-refractivity contribution in [1.29, 1.82) is 0 Å². The number of aromatic nitrogens is 1. The predicted octanol–water partition coefficient (Wildman–Crippen LogP) is 1.83. The van der Waals surface area contributed by atoms with Gasteiger partial charge < -0.3 is 10.6 Å². The highest BCUT2D eigenvalue weighted by atomic mass is 32.1. The third-order valence-corrected chi connectivity index (χ3v) is 4.47. The molecule has 0 radical (unpaired) electrons. The van der Waals surface area contributed by atoms with Gasteiger partial charge in [-0.05, 0) is 37.8 Å². The van der Waals surface area contributed by atoms with Crippen LogP contribution in [0.15, 0.2) is 10.9 Å². The number of carbonyl (C=O) groups excluding carboxylic acids is 1. The van der Waals surface area contributed by atoms with Gasteiger partial charge in [0.25, 0.3) is 0 Å². The predicted molar refractivity (Wildman–Crippen MR) is 78.2 cm³/mol. The minimum atomic E-state index is 0.174. The first-order chi connectivity index (χ1) is 9.25. The van der Waals surface area contributed by atoms with E-state index in [2.05, 4.69) is 22.5 Å². The van der Waals surface area contributed by atoms with Crippen molar-refractivity contribution in [1.82, 2.24) is 15.6 Å². The molecule has 1 aliphatic rings. The van der Waals surface area contributed by atoms with E-state index in [-0.39, 0.29) is 5.91 Å². The molecule has 106 valence electrons. The average molecular weight is 281 g/mol. The van der Waals surface area contributed by atoms with E-state index in [9.17, 15) is 4.79 Å². The Hall–Kier alpha value is -0.940. The topological polar surface area (TPSA) is 54.0 Å². The first-order valence-electron chi connectivity index (χ1n) is 7.10. The van der Waals surface area contributed by atoms with Gasteiger partial charge in [0.2, 0.25) is 5.91 Å². The van der Waals surface area contributed by atoms with Gasteiger partial charge in [0.15, 0.2) is 0 Å². The van der Waals surface area contributed by atoms with E-state index in [1.54, 1.807) is 11.3 Å². The number of amides is 1. The number of nitrogens with one attached hydrogen (secondary N) is 2. The lowest BCUT2D eigenvalue weighted by atomic mass is 9.85. The van der Waals surface area contributed by atoms with Crippen molar-refractivity contribution in [2.45, 2.75) is 32.6 Å². The lowest BCUT2D eigenvalue weighted by molar-refractivity contribution is -0.122. The summed E-state index contributed by atoms with van der Waals surface area (Å²) >= 11 is 1.60. The Morgan fingerprint density at radius 3 is 3.26 bits per heavy atom. The molecule has 0 spiro atoms. The fourth-order valence-corrected chi connectivity index (χ4v) is 3.18. The summed E-state index contributed by atoms with van der Waals surface area (Å²) in [5.74, 6) is 1.29. The number of nitrogens with zero attached hydrogens (tertiary/aromatic N) is 1. The molecule has 1 aliphatic heterocycles. The van der Waals surface area contributed by atoms with Crippen LogP contribution in [0.4, 0.5) is 0 Å². The number of hydrogen-bond donors (Lipinski definition) is 2. The molecule has 0 saturated carbocycles. The van der Waals surface area contributed by atoms with Gasteiger partial charge in [-0.3, -0.25) is 4.79 Å². The van der Waals surface area contributed by atoms with Crippen LogP contribution in [0.1, 0.15) is 31.9 Å². The molecule has 2 heterocycles. The molecule has 2 N–H and O–H groups in total. The SMILES string of the molecule is CC(CC(=O)NCCc1cscn1)C1CCCNC1. The van der Waals surface area contributed by atoms with E-state index in [0.717, 1.165) is 25.2 Å². The molecule has 0 bridgehead atoms. The molecule has 1 amide bonds. The Bertz CT molecular complexity index is 374. The van der Waals surface area contributed by atoms with E-state index in [1.165, 1.54) is 12.8 Å². The van der Waals surface area contributed by atoms with E-state index in [4.69, 9.17) is 0 Å². The normalized spacial score (nSPS) is 21.0.